The van der Waals surface area contributed by atoms with Crippen molar-refractivity contribution in [3.8, 4) is 0 Å². The van der Waals surface area contributed by atoms with Crippen molar-refractivity contribution in [1.29, 1.82) is 0 Å². The molecule has 0 radical (unpaired) electrons. The Bertz CT molecular complexity index is 1050. The topological polar surface area (TPSA) is 55.2 Å². The number of carbonyl (C=O) groups is 1. The molecule has 1 aliphatic heterocycles. The first-order valence-corrected chi connectivity index (χ1v) is 12.5. The normalized spacial score (nSPS) is 25.1. The van der Waals surface area contributed by atoms with Crippen LogP contribution in [-0.4, -0.2) is 38.7 Å². The Morgan fingerprint density at radius 3 is 2.87 bits per heavy atom. The zero-order chi connectivity index (χ0) is 21.7. The lowest BCUT2D eigenvalue weighted by atomic mass is 9.65. The second kappa shape index (κ2) is 7.83. The van der Waals surface area contributed by atoms with Crippen molar-refractivity contribution in [3.05, 3.63) is 34.0 Å². The van der Waals surface area contributed by atoms with Gasteiger partial charge in [-0.2, -0.15) is 0 Å². The summed E-state index contributed by atoms with van der Waals surface area (Å²) in [7, 11) is 0. The molecule has 2 aliphatic rings. The molecule has 0 aromatic carbocycles. The fourth-order valence-corrected chi connectivity index (χ4v) is 7.49. The van der Waals surface area contributed by atoms with E-state index in [1.165, 1.54) is 18.2 Å². The zero-order valence-electron chi connectivity index (χ0n) is 18.4. The van der Waals surface area contributed by atoms with E-state index in [9.17, 15) is 9.59 Å². The first kappa shape index (κ1) is 21.6. The average molecular weight is 446 g/mol. The Labute approximate surface area is 186 Å². The van der Waals surface area contributed by atoms with E-state index in [1.54, 1.807) is 22.0 Å². The summed E-state index contributed by atoms with van der Waals surface area (Å²) in [6, 6.07) is 2.28. The number of carbonyl (C=O) groups excluding carboxylic acids is 1. The van der Waals surface area contributed by atoms with E-state index in [-0.39, 0.29) is 22.3 Å². The molecule has 2 unspecified atom stereocenters. The minimum atomic E-state index is -0.0444. The van der Waals surface area contributed by atoms with Gasteiger partial charge in [0.15, 0.2) is 5.16 Å². The molecule has 1 aliphatic carbocycles. The highest BCUT2D eigenvalue weighted by molar-refractivity contribution is 7.99. The fourth-order valence-electron chi connectivity index (χ4n) is 5.58. The zero-order valence-corrected chi connectivity index (χ0v) is 20.0. The highest BCUT2D eigenvalue weighted by atomic mass is 32.2. The Morgan fingerprint density at radius 2 is 2.17 bits per heavy atom. The molecule has 2 bridgehead atoms. The lowest BCUT2D eigenvalue weighted by molar-refractivity contribution is -0.129. The smallest absolute Gasteiger partial charge is 0.263 e. The van der Waals surface area contributed by atoms with Crippen LogP contribution in [0.5, 0.6) is 0 Å². The van der Waals surface area contributed by atoms with E-state index in [0.717, 1.165) is 35.5 Å². The van der Waals surface area contributed by atoms with E-state index < -0.39 is 0 Å². The third kappa shape index (κ3) is 3.98. The lowest BCUT2D eigenvalue weighted by Gasteiger charge is -2.39. The minimum Gasteiger partial charge on any atom is -0.338 e. The summed E-state index contributed by atoms with van der Waals surface area (Å²) in [5.74, 6) is 0.472. The van der Waals surface area contributed by atoms with Crippen molar-refractivity contribution in [1.82, 2.24) is 14.5 Å². The van der Waals surface area contributed by atoms with Crippen LogP contribution in [0.3, 0.4) is 0 Å². The monoisotopic (exact) mass is 445 g/mol. The molecule has 0 N–H and O–H groups in total. The van der Waals surface area contributed by atoms with E-state index >= 15 is 0 Å². The van der Waals surface area contributed by atoms with Crippen molar-refractivity contribution in [2.45, 2.75) is 71.1 Å². The van der Waals surface area contributed by atoms with Crippen LogP contribution in [0, 0.1) is 10.8 Å². The highest BCUT2D eigenvalue weighted by Gasteiger charge is 2.50. The van der Waals surface area contributed by atoms with Gasteiger partial charge in [0.1, 0.15) is 4.83 Å². The molecule has 2 fully saturated rings. The van der Waals surface area contributed by atoms with E-state index in [0.29, 0.717) is 28.9 Å². The number of allylic oxidation sites excluding steroid dienone is 1. The number of likely N-dealkylation sites (tertiary alicyclic amines) is 1. The molecule has 3 heterocycles. The second-order valence-electron chi connectivity index (χ2n) is 9.91. The number of aryl methyl sites for hydroxylation is 1. The maximum absolute atomic E-state index is 13.2. The quantitative estimate of drug-likeness (QED) is 0.367. The van der Waals surface area contributed by atoms with Gasteiger partial charge in [0.2, 0.25) is 5.91 Å². The number of nitrogens with zero attached hydrogens (tertiary/aromatic N) is 3. The Morgan fingerprint density at radius 1 is 1.40 bits per heavy atom. The summed E-state index contributed by atoms with van der Waals surface area (Å²) in [6.45, 7) is 14.1. The van der Waals surface area contributed by atoms with Gasteiger partial charge in [-0.15, -0.1) is 17.9 Å². The van der Waals surface area contributed by atoms with Gasteiger partial charge >= 0.3 is 0 Å². The van der Waals surface area contributed by atoms with Crippen LogP contribution in [0.1, 0.15) is 51.8 Å². The SMILES string of the molecule is C=CCn1c(SCC(=O)N2CC3(C)CC2CC(C)(C)C3)nc2sc(CC)cc2c1=O. The number of rotatable bonds is 6. The van der Waals surface area contributed by atoms with E-state index in [1.807, 2.05) is 6.07 Å². The summed E-state index contributed by atoms with van der Waals surface area (Å²) in [6.07, 6.45) is 5.93. The predicted molar refractivity (Wildman–Crippen MR) is 125 cm³/mol. The third-order valence-corrected chi connectivity index (χ3v) is 8.52. The minimum absolute atomic E-state index is 0.0444. The van der Waals surface area contributed by atoms with Crippen LogP contribution < -0.4 is 5.56 Å². The number of thioether (sulfide) groups is 1. The third-order valence-electron chi connectivity index (χ3n) is 6.39. The maximum atomic E-state index is 13.2. The van der Waals surface area contributed by atoms with Gasteiger partial charge in [0.25, 0.3) is 5.56 Å². The molecule has 7 heteroatoms. The molecule has 0 spiro atoms. The molecular formula is C23H31N3O2S2. The molecule has 2 aromatic heterocycles. The summed E-state index contributed by atoms with van der Waals surface area (Å²) in [5, 5.41) is 1.27. The predicted octanol–water partition coefficient (Wildman–Crippen LogP) is 4.73. The largest absolute Gasteiger partial charge is 0.338 e. The highest BCUT2D eigenvalue weighted by Crippen LogP contribution is 2.52. The molecule has 2 atom stereocenters. The fraction of sp³-hybridized carbons (Fsp3) is 0.609. The maximum Gasteiger partial charge on any atom is 0.263 e. The van der Waals surface area contributed by atoms with Crippen LogP contribution in [0.2, 0.25) is 0 Å². The van der Waals surface area contributed by atoms with Crippen molar-refractivity contribution in [2.75, 3.05) is 12.3 Å². The molecule has 162 valence electrons. The van der Waals surface area contributed by atoms with Crippen molar-refractivity contribution in [2.24, 2.45) is 10.8 Å². The molecule has 1 saturated heterocycles. The van der Waals surface area contributed by atoms with Crippen molar-refractivity contribution < 1.29 is 4.79 Å². The van der Waals surface area contributed by atoms with E-state index in [4.69, 9.17) is 4.98 Å². The first-order chi connectivity index (χ1) is 14.1. The summed E-state index contributed by atoms with van der Waals surface area (Å²) < 4.78 is 1.65. The number of hydrogen-bond acceptors (Lipinski definition) is 5. The number of amides is 1. The summed E-state index contributed by atoms with van der Waals surface area (Å²) in [4.78, 5) is 34.9. The van der Waals surface area contributed by atoms with Crippen LogP contribution in [0.25, 0.3) is 10.2 Å². The van der Waals surface area contributed by atoms with Gasteiger partial charge in [-0.1, -0.05) is 45.5 Å². The average Bonchev–Trinajstić information content (AvgIpc) is 3.19. The van der Waals surface area contributed by atoms with E-state index in [2.05, 4.69) is 39.2 Å². The van der Waals surface area contributed by atoms with Gasteiger partial charge in [-0.05, 0) is 42.6 Å². The molecule has 2 aromatic rings. The van der Waals surface area contributed by atoms with Crippen molar-refractivity contribution >= 4 is 39.2 Å². The van der Waals surface area contributed by atoms with Gasteiger partial charge in [-0.3, -0.25) is 14.2 Å². The molecular weight excluding hydrogens is 414 g/mol. The van der Waals surface area contributed by atoms with Gasteiger partial charge in [-0.25, -0.2) is 4.98 Å². The van der Waals surface area contributed by atoms with Crippen LogP contribution in [-0.2, 0) is 17.8 Å². The lowest BCUT2D eigenvalue weighted by Crippen LogP contribution is -2.38. The van der Waals surface area contributed by atoms with Gasteiger partial charge in [0, 0.05) is 24.0 Å². The van der Waals surface area contributed by atoms with Crippen LogP contribution in [0.4, 0.5) is 0 Å². The number of thiophene rings is 1. The second-order valence-corrected chi connectivity index (χ2v) is 12.0. The van der Waals surface area contributed by atoms with Crippen molar-refractivity contribution in [3.63, 3.8) is 0 Å². The van der Waals surface area contributed by atoms with Gasteiger partial charge in [0.05, 0.1) is 11.1 Å². The number of hydrogen-bond donors (Lipinski definition) is 0. The molecule has 5 nitrogen and oxygen atoms in total. The van der Waals surface area contributed by atoms with Crippen LogP contribution in [0.15, 0.2) is 28.7 Å². The molecule has 1 amide bonds. The van der Waals surface area contributed by atoms with Gasteiger partial charge < -0.3 is 4.90 Å². The Hall–Kier alpha value is -1.60. The Balaban J connectivity index is 1.56. The number of fused-ring (bicyclic) bond motifs is 3. The summed E-state index contributed by atoms with van der Waals surface area (Å²) in [5.41, 5.74) is 0.465. The molecule has 4 rings (SSSR count). The summed E-state index contributed by atoms with van der Waals surface area (Å²) >= 11 is 2.95. The standard InChI is InChI=1S/C23H31N3O2S2/c1-6-8-25-20(28)17-9-16(7-2)30-19(17)24-21(25)29-12-18(27)26-14-23(5)11-15(26)10-22(3,4)13-23/h6,9,15H,1,7-8,10-14H2,2-5H3. The number of aromatic nitrogens is 2. The molecule has 30 heavy (non-hydrogen) atoms. The first-order valence-electron chi connectivity index (χ1n) is 10.7. The molecule has 1 saturated carbocycles. The Kier molecular flexibility index (Phi) is 5.64. The van der Waals surface area contributed by atoms with Crippen LogP contribution >= 0.6 is 23.1 Å².